The molecule has 88 valence electrons. The molecule has 0 unspecified atom stereocenters. The Morgan fingerprint density at radius 3 is 2.38 bits per heavy atom. The molecule has 16 heavy (non-hydrogen) atoms. The van der Waals surface area contributed by atoms with Gasteiger partial charge < -0.3 is 5.11 Å². The number of pyridine rings is 1. The normalized spacial score (nSPS) is 11.8. The summed E-state index contributed by atoms with van der Waals surface area (Å²) in [4.78, 5) is 14.7. The SMILES string of the molecule is CC(C)c1ccnc(S(C)(=O)=O)c1C(=O)O. The minimum absolute atomic E-state index is 0.0744. The van der Waals surface area contributed by atoms with Gasteiger partial charge in [0.2, 0.25) is 0 Å². The standard InChI is InChI=1S/C10H13NO4S/c1-6(2)7-4-5-11-9(16(3,14)15)8(7)10(12)13/h4-6H,1-3H3,(H,12,13). The molecule has 0 fully saturated rings. The first kappa shape index (κ1) is 12.6. The average molecular weight is 243 g/mol. The highest BCUT2D eigenvalue weighted by Gasteiger charge is 2.24. The molecule has 0 atom stereocenters. The summed E-state index contributed by atoms with van der Waals surface area (Å²) in [6, 6.07) is 1.53. The second-order valence-corrected chi connectivity index (χ2v) is 5.74. The average Bonchev–Trinajstić information content (AvgIpc) is 2.14. The summed E-state index contributed by atoms with van der Waals surface area (Å²) in [7, 11) is -3.63. The Balaban J connectivity index is 3.65. The molecule has 0 saturated carbocycles. The van der Waals surface area contributed by atoms with E-state index in [1.807, 2.05) is 0 Å². The molecule has 0 amide bonds. The van der Waals surface area contributed by atoms with Gasteiger partial charge in [0.05, 0.1) is 0 Å². The van der Waals surface area contributed by atoms with Crippen LogP contribution in [0.5, 0.6) is 0 Å². The number of sulfone groups is 1. The summed E-state index contributed by atoms with van der Waals surface area (Å²) in [6.07, 6.45) is 2.27. The Labute approximate surface area is 94.1 Å². The van der Waals surface area contributed by atoms with Crippen LogP contribution in [0.15, 0.2) is 17.3 Å². The Morgan fingerprint density at radius 1 is 1.44 bits per heavy atom. The van der Waals surface area contributed by atoms with Crippen LogP contribution in [0.4, 0.5) is 0 Å². The lowest BCUT2D eigenvalue weighted by Gasteiger charge is -2.11. The molecule has 1 aromatic rings. The molecule has 6 heteroatoms. The molecule has 0 aliphatic carbocycles. The number of rotatable bonds is 3. The number of hydrogen-bond donors (Lipinski definition) is 1. The van der Waals surface area contributed by atoms with Gasteiger partial charge >= 0.3 is 5.97 Å². The second-order valence-electron chi connectivity index (χ2n) is 3.81. The van der Waals surface area contributed by atoms with Gasteiger partial charge in [0.15, 0.2) is 14.9 Å². The Morgan fingerprint density at radius 2 is 2.00 bits per heavy atom. The van der Waals surface area contributed by atoms with Crippen molar-refractivity contribution in [3.8, 4) is 0 Å². The maximum Gasteiger partial charge on any atom is 0.338 e. The molecule has 0 aliphatic heterocycles. The third-order valence-electron chi connectivity index (χ3n) is 2.14. The van der Waals surface area contributed by atoms with Crippen molar-refractivity contribution in [3.63, 3.8) is 0 Å². The van der Waals surface area contributed by atoms with E-state index < -0.39 is 15.8 Å². The summed E-state index contributed by atoms with van der Waals surface area (Å²) in [6.45, 7) is 3.60. The summed E-state index contributed by atoms with van der Waals surface area (Å²) >= 11 is 0. The molecule has 0 spiro atoms. The Bertz CT molecular complexity index is 520. The van der Waals surface area contributed by atoms with Gasteiger partial charge in [-0.3, -0.25) is 0 Å². The highest BCUT2D eigenvalue weighted by molar-refractivity contribution is 7.90. The molecule has 5 nitrogen and oxygen atoms in total. The molecular formula is C10H13NO4S. The van der Waals surface area contributed by atoms with Crippen molar-refractivity contribution < 1.29 is 18.3 Å². The number of aromatic carboxylic acids is 1. The summed E-state index contributed by atoms with van der Waals surface area (Å²) in [5.41, 5.74) is 0.253. The Kier molecular flexibility index (Phi) is 3.32. The molecule has 0 saturated heterocycles. The highest BCUT2D eigenvalue weighted by atomic mass is 32.2. The third-order valence-corrected chi connectivity index (χ3v) is 3.15. The van der Waals surface area contributed by atoms with Crippen molar-refractivity contribution in [2.75, 3.05) is 6.26 Å². The van der Waals surface area contributed by atoms with Crippen LogP contribution in [0.25, 0.3) is 0 Å². The number of carboxylic acids is 1. The van der Waals surface area contributed by atoms with E-state index >= 15 is 0 Å². The van der Waals surface area contributed by atoms with Crippen molar-refractivity contribution in [2.24, 2.45) is 0 Å². The highest BCUT2D eigenvalue weighted by Crippen LogP contribution is 2.23. The van der Waals surface area contributed by atoms with E-state index in [4.69, 9.17) is 5.11 Å². The van der Waals surface area contributed by atoms with Crippen molar-refractivity contribution in [1.82, 2.24) is 4.98 Å². The van der Waals surface area contributed by atoms with Crippen molar-refractivity contribution in [3.05, 3.63) is 23.4 Å². The molecule has 0 aromatic carbocycles. The quantitative estimate of drug-likeness (QED) is 0.865. The first-order valence-corrected chi connectivity index (χ1v) is 6.56. The predicted molar refractivity (Wildman–Crippen MR) is 58.4 cm³/mol. The van der Waals surface area contributed by atoms with Crippen LogP contribution in [0.3, 0.4) is 0 Å². The predicted octanol–water partition coefficient (Wildman–Crippen LogP) is 1.31. The number of nitrogens with zero attached hydrogens (tertiary/aromatic N) is 1. The van der Waals surface area contributed by atoms with E-state index in [9.17, 15) is 13.2 Å². The molecule has 0 bridgehead atoms. The van der Waals surface area contributed by atoms with Gasteiger partial charge in [-0.1, -0.05) is 13.8 Å². The van der Waals surface area contributed by atoms with Crippen LogP contribution >= 0.6 is 0 Å². The largest absolute Gasteiger partial charge is 0.478 e. The van der Waals surface area contributed by atoms with Gasteiger partial charge in [-0.15, -0.1) is 0 Å². The number of hydrogen-bond acceptors (Lipinski definition) is 4. The topological polar surface area (TPSA) is 84.3 Å². The zero-order chi connectivity index (χ0) is 12.5. The van der Waals surface area contributed by atoms with Gasteiger partial charge in [0, 0.05) is 12.5 Å². The monoisotopic (exact) mass is 243 g/mol. The van der Waals surface area contributed by atoms with E-state index in [1.165, 1.54) is 12.3 Å². The first-order valence-electron chi connectivity index (χ1n) is 4.67. The van der Waals surface area contributed by atoms with E-state index in [1.54, 1.807) is 13.8 Å². The zero-order valence-corrected chi connectivity index (χ0v) is 10.1. The van der Waals surface area contributed by atoms with Gasteiger partial charge in [-0.05, 0) is 17.5 Å². The van der Waals surface area contributed by atoms with Gasteiger partial charge in [0.1, 0.15) is 5.56 Å². The van der Waals surface area contributed by atoms with Crippen LogP contribution in [0.2, 0.25) is 0 Å². The van der Waals surface area contributed by atoms with E-state index in [2.05, 4.69) is 4.98 Å². The van der Waals surface area contributed by atoms with Crippen molar-refractivity contribution in [2.45, 2.75) is 24.8 Å². The third kappa shape index (κ3) is 2.38. The Hall–Kier alpha value is -1.43. The van der Waals surface area contributed by atoms with Crippen LogP contribution in [-0.4, -0.2) is 30.7 Å². The van der Waals surface area contributed by atoms with Crippen LogP contribution in [-0.2, 0) is 9.84 Å². The lowest BCUT2D eigenvalue weighted by molar-refractivity contribution is 0.0690. The molecule has 1 aromatic heterocycles. The minimum Gasteiger partial charge on any atom is -0.478 e. The van der Waals surface area contributed by atoms with Gasteiger partial charge in [-0.25, -0.2) is 18.2 Å². The van der Waals surface area contributed by atoms with Crippen LogP contribution in [0.1, 0.15) is 35.7 Å². The zero-order valence-electron chi connectivity index (χ0n) is 9.26. The maximum absolute atomic E-state index is 11.4. The van der Waals surface area contributed by atoms with Gasteiger partial charge in [0.25, 0.3) is 0 Å². The smallest absolute Gasteiger partial charge is 0.338 e. The molecular weight excluding hydrogens is 230 g/mol. The van der Waals surface area contributed by atoms with Gasteiger partial charge in [-0.2, -0.15) is 0 Å². The van der Waals surface area contributed by atoms with Crippen molar-refractivity contribution >= 4 is 15.8 Å². The van der Waals surface area contributed by atoms with E-state index in [0.29, 0.717) is 5.56 Å². The molecule has 0 radical (unpaired) electrons. The van der Waals surface area contributed by atoms with E-state index in [0.717, 1.165) is 6.26 Å². The molecule has 1 N–H and O–H groups in total. The molecule has 1 rings (SSSR count). The van der Waals surface area contributed by atoms with E-state index in [-0.39, 0.29) is 16.5 Å². The lowest BCUT2D eigenvalue weighted by Crippen LogP contribution is -2.13. The molecule has 1 heterocycles. The maximum atomic E-state index is 11.4. The fraction of sp³-hybridized carbons (Fsp3) is 0.400. The van der Waals surface area contributed by atoms with Crippen LogP contribution < -0.4 is 0 Å². The number of aromatic nitrogens is 1. The summed E-state index contributed by atoms with van der Waals surface area (Å²) in [5, 5.41) is 8.68. The molecule has 0 aliphatic rings. The first-order chi connectivity index (χ1) is 7.25. The minimum atomic E-state index is -3.63. The second kappa shape index (κ2) is 4.21. The number of carbonyl (C=O) groups is 1. The fourth-order valence-electron chi connectivity index (χ4n) is 1.43. The lowest BCUT2D eigenvalue weighted by atomic mass is 9.99. The fourth-order valence-corrected chi connectivity index (χ4v) is 2.26. The summed E-state index contributed by atoms with van der Waals surface area (Å²) in [5.74, 6) is -1.34. The number of carboxylic acid groups (broad SMARTS) is 1. The summed E-state index contributed by atoms with van der Waals surface area (Å²) < 4.78 is 22.8. The van der Waals surface area contributed by atoms with Crippen LogP contribution in [0, 0.1) is 0 Å². The van der Waals surface area contributed by atoms with Crippen molar-refractivity contribution in [1.29, 1.82) is 0 Å².